The molecule has 0 radical (unpaired) electrons. The van der Waals surface area contributed by atoms with Crippen LogP contribution in [0.5, 0.6) is 0 Å². The Bertz CT molecular complexity index is 707. The van der Waals surface area contributed by atoms with Crippen LogP contribution in [0.2, 0.25) is 0 Å². The summed E-state index contributed by atoms with van der Waals surface area (Å²) in [7, 11) is 4.43. The van der Waals surface area contributed by atoms with Crippen LogP contribution >= 0.6 is 11.3 Å². The zero-order valence-corrected chi connectivity index (χ0v) is 20.8. The van der Waals surface area contributed by atoms with Crippen molar-refractivity contribution in [3.63, 3.8) is 0 Å². The van der Waals surface area contributed by atoms with Crippen molar-refractivity contribution in [1.29, 1.82) is 0 Å². The zero-order chi connectivity index (χ0) is 21.7. The molecule has 0 atom stereocenters. The molecule has 0 unspecified atom stereocenters. The molecular formula is C24H42N6S. The van der Waals surface area contributed by atoms with E-state index < -0.39 is 0 Å². The lowest BCUT2D eigenvalue weighted by molar-refractivity contribution is 0.0206. The van der Waals surface area contributed by atoms with E-state index in [4.69, 9.17) is 9.98 Å². The predicted octanol–water partition coefficient (Wildman–Crippen LogP) is 3.37. The van der Waals surface area contributed by atoms with Gasteiger partial charge in [-0.2, -0.15) is 0 Å². The summed E-state index contributed by atoms with van der Waals surface area (Å²) >= 11 is 1.92. The lowest BCUT2D eigenvalue weighted by Gasteiger charge is -2.49. The second kappa shape index (κ2) is 10.6. The second-order valence-corrected chi connectivity index (χ2v) is 11.0. The molecule has 1 aromatic rings. The molecule has 6 nitrogen and oxygen atoms in total. The van der Waals surface area contributed by atoms with Crippen LogP contribution in [-0.2, 0) is 19.4 Å². The summed E-state index contributed by atoms with van der Waals surface area (Å²) < 4.78 is 0. The highest BCUT2D eigenvalue weighted by Gasteiger charge is 2.39. The molecule has 0 bridgehead atoms. The summed E-state index contributed by atoms with van der Waals surface area (Å²) in [6.45, 7) is 9.68. The number of aromatic nitrogens is 1. The summed E-state index contributed by atoms with van der Waals surface area (Å²) in [4.78, 5) is 19.3. The van der Waals surface area contributed by atoms with E-state index in [0.29, 0.717) is 0 Å². The van der Waals surface area contributed by atoms with Gasteiger partial charge in [0, 0.05) is 24.0 Å². The Hall–Kier alpha value is -1.18. The van der Waals surface area contributed by atoms with Gasteiger partial charge in [0.1, 0.15) is 5.01 Å². The molecule has 174 valence electrons. The normalized spacial score (nSPS) is 22.9. The molecule has 3 aliphatic rings. The van der Waals surface area contributed by atoms with Gasteiger partial charge in [-0.1, -0.05) is 6.42 Å². The zero-order valence-electron chi connectivity index (χ0n) is 20.0. The fourth-order valence-electron chi connectivity index (χ4n) is 5.42. The molecule has 0 saturated carbocycles. The highest BCUT2D eigenvalue weighted by Crippen LogP contribution is 2.32. The maximum absolute atomic E-state index is 5.24. The van der Waals surface area contributed by atoms with Crippen LogP contribution in [0.15, 0.2) is 4.99 Å². The predicted molar refractivity (Wildman–Crippen MR) is 131 cm³/mol. The smallest absolute Gasteiger partial charge is 0.194 e. The summed E-state index contributed by atoms with van der Waals surface area (Å²) in [6.07, 6.45) is 11.5. The number of piperidine rings is 2. The molecule has 7 heteroatoms. The number of hydrogen-bond donors (Lipinski definition) is 1. The van der Waals surface area contributed by atoms with Gasteiger partial charge >= 0.3 is 0 Å². The van der Waals surface area contributed by atoms with Gasteiger partial charge in [0.2, 0.25) is 0 Å². The van der Waals surface area contributed by atoms with E-state index in [1.165, 1.54) is 93.1 Å². The molecule has 2 fully saturated rings. The molecule has 0 aromatic carbocycles. The minimum Gasteiger partial charge on any atom is -0.357 e. The quantitative estimate of drug-likeness (QED) is 0.536. The van der Waals surface area contributed by atoms with Crippen LogP contribution in [0.1, 0.15) is 67.4 Å². The number of fused-ring (bicyclic) bond motifs is 1. The summed E-state index contributed by atoms with van der Waals surface area (Å²) in [5, 5.41) is 4.80. The number of thiazole rings is 1. The van der Waals surface area contributed by atoms with Crippen molar-refractivity contribution in [2.75, 3.05) is 53.4 Å². The van der Waals surface area contributed by atoms with Gasteiger partial charge in [-0.25, -0.2) is 4.98 Å². The van der Waals surface area contributed by atoms with E-state index in [-0.39, 0.29) is 5.54 Å². The van der Waals surface area contributed by atoms with Gasteiger partial charge in [-0.05, 0) is 91.5 Å². The van der Waals surface area contributed by atoms with Crippen LogP contribution in [0.4, 0.5) is 0 Å². The molecule has 1 aliphatic carbocycles. The molecular weight excluding hydrogens is 404 g/mol. The van der Waals surface area contributed by atoms with Crippen molar-refractivity contribution in [1.82, 2.24) is 25.0 Å². The number of hydrogen-bond acceptors (Lipinski definition) is 5. The van der Waals surface area contributed by atoms with E-state index in [1.807, 2.05) is 11.3 Å². The van der Waals surface area contributed by atoms with Crippen molar-refractivity contribution in [2.45, 2.75) is 76.8 Å². The maximum Gasteiger partial charge on any atom is 0.194 e. The van der Waals surface area contributed by atoms with Crippen molar-refractivity contribution in [3.05, 3.63) is 15.6 Å². The Kier molecular flexibility index (Phi) is 7.88. The molecule has 1 aromatic heterocycles. The number of nitrogens with zero attached hydrogens (tertiary/aromatic N) is 5. The topological polar surface area (TPSA) is 47.0 Å². The minimum absolute atomic E-state index is 0.231. The molecule has 31 heavy (non-hydrogen) atoms. The third-order valence-electron chi connectivity index (χ3n) is 7.43. The number of aryl methyl sites for hydroxylation is 2. The summed E-state index contributed by atoms with van der Waals surface area (Å²) in [5.41, 5.74) is 1.59. The number of likely N-dealkylation sites (tertiary alicyclic amines) is 2. The van der Waals surface area contributed by atoms with Gasteiger partial charge in [0.15, 0.2) is 5.96 Å². The number of nitrogens with one attached hydrogen (secondary N) is 1. The van der Waals surface area contributed by atoms with E-state index in [9.17, 15) is 0 Å². The third kappa shape index (κ3) is 5.60. The Balaban J connectivity index is 1.47. The molecule has 1 N–H and O–H groups in total. The lowest BCUT2D eigenvalue weighted by Crippen LogP contribution is -2.58. The number of guanidine groups is 1. The number of aliphatic imine (C=N–C) groups is 1. The molecule has 3 heterocycles. The molecule has 2 saturated heterocycles. The first kappa shape index (κ1) is 23.0. The van der Waals surface area contributed by atoms with Gasteiger partial charge < -0.3 is 15.1 Å². The summed E-state index contributed by atoms with van der Waals surface area (Å²) in [6, 6.07) is 0. The average molecular weight is 447 g/mol. The largest absolute Gasteiger partial charge is 0.357 e. The van der Waals surface area contributed by atoms with E-state index in [2.05, 4.69) is 41.0 Å². The van der Waals surface area contributed by atoms with Gasteiger partial charge in [-0.3, -0.25) is 9.89 Å². The molecule has 0 amide bonds. The Morgan fingerprint density at radius 3 is 2.55 bits per heavy atom. The highest BCUT2D eigenvalue weighted by atomic mass is 32.1. The Morgan fingerprint density at radius 2 is 1.84 bits per heavy atom. The van der Waals surface area contributed by atoms with Crippen molar-refractivity contribution < 1.29 is 0 Å². The van der Waals surface area contributed by atoms with E-state index in [0.717, 1.165) is 32.0 Å². The Morgan fingerprint density at radius 1 is 1.10 bits per heavy atom. The van der Waals surface area contributed by atoms with Gasteiger partial charge in [0.05, 0.1) is 18.8 Å². The average Bonchev–Trinajstić information content (AvgIpc) is 3.21. The van der Waals surface area contributed by atoms with E-state index in [1.54, 1.807) is 0 Å². The van der Waals surface area contributed by atoms with Crippen molar-refractivity contribution in [3.8, 4) is 0 Å². The van der Waals surface area contributed by atoms with Crippen molar-refractivity contribution in [2.24, 2.45) is 4.99 Å². The van der Waals surface area contributed by atoms with Crippen LogP contribution in [-0.4, -0.2) is 84.5 Å². The number of rotatable bonds is 6. The summed E-state index contributed by atoms with van der Waals surface area (Å²) in [5.74, 6) is 1.03. The van der Waals surface area contributed by atoms with Crippen LogP contribution in [0, 0.1) is 0 Å². The first-order valence-corrected chi connectivity index (χ1v) is 13.3. The van der Waals surface area contributed by atoms with Crippen LogP contribution < -0.4 is 5.32 Å². The first-order chi connectivity index (χ1) is 15.1. The minimum atomic E-state index is 0.231. The monoisotopic (exact) mass is 446 g/mol. The van der Waals surface area contributed by atoms with Crippen LogP contribution in [0.3, 0.4) is 0 Å². The SMILES string of the molecule is CCNC(=NCC1(N2CCCCC2)CCN(C)CC1)N(C)Cc1nc2c(s1)CCCC2. The lowest BCUT2D eigenvalue weighted by atomic mass is 9.84. The van der Waals surface area contributed by atoms with Crippen LogP contribution in [0.25, 0.3) is 0 Å². The fraction of sp³-hybridized carbons (Fsp3) is 0.833. The molecule has 2 aliphatic heterocycles. The third-order valence-corrected chi connectivity index (χ3v) is 8.57. The highest BCUT2D eigenvalue weighted by molar-refractivity contribution is 7.11. The maximum atomic E-state index is 5.24. The second-order valence-electron chi connectivity index (χ2n) is 9.79. The standard InChI is InChI=1S/C24H42N6S/c1-4-25-23(29(3)18-22-27-20-10-6-7-11-21(20)31-22)26-19-24(12-16-28(2)17-13-24)30-14-8-5-9-15-30/h4-19H2,1-3H3,(H,25,26). The van der Waals surface area contributed by atoms with Gasteiger partial charge in [-0.15, -0.1) is 11.3 Å². The fourth-order valence-corrected chi connectivity index (χ4v) is 6.63. The van der Waals surface area contributed by atoms with Gasteiger partial charge in [0.25, 0.3) is 0 Å². The Labute approximate surface area is 193 Å². The molecule has 0 spiro atoms. The van der Waals surface area contributed by atoms with Crippen molar-refractivity contribution >= 4 is 17.3 Å². The first-order valence-electron chi connectivity index (χ1n) is 12.5. The molecule has 4 rings (SSSR count). The van der Waals surface area contributed by atoms with E-state index >= 15 is 0 Å².